The van der Waals surface area contributed by atoms with Gasteiger partial charge in [0.25, 0.3) is 0 Å². The number of benzene rings is 1. The highest BCUT2D eigenvalue weighted by Crippen LogP contribution is 2.33. The molecule has 0 bridgehead atoms. The Morgan fingerprint density at radius 3 is 2.45 bits per heavy atom. The van der Waals surface area contributed by atoms with E-state index >= 15 is 0 Å². The SMILES string of the molecule is Cc1c(-c2ccccc2)[nH]c(N2CCCCC2)c1C#N. The van der Waals surface area contributed by atoms with Crippen LogP contribution in [0.5, 0.6) is 0 Å². The van der Waals surface area contributed by atoms with Gasteiger partial charge in [-0.15, -0.1) is 0 Å². The van der Waals surface area contributed by atoms with E-state index in [0.29, 0.717) is 0 Å². The molecule has 1 aliphatic heterocycles. The molecular formula is C17H19N3. The van der Waals surface area contributed by atoms with Gasteiger partial charge in [-0.2, -0.15) is 5.26 Å². The summed E-state index contributed by atoms with van der Waals surface area (Å²) >= 11 is 0. The number of hydrogen-bond acceptors (Lipinski definition) is 2. The van der Waals surface area contributed by atoms with Crippen LogP contribution in [0.25, 0.3) is 11.3 Å². The van der Waals surface area contributed by atoms with Crippen LogP contribution in [0.2, 0.25) is 0 Å². The summed E-state index contributed by atoms with van der Waals surface area (Å²) in [6.07, 6.45) is 3.72. The number of anilines is 1. The zero-order valence-electron chi connectivity index (χ0n) is 11.8. The number of nitrogens with zero attached hydrogens (tertiary/aromatic N) is 2. The van der Waals surface area contributed by atoms with Crippen molar-refractivity contribution >= 4 is 5.82 Å². The Balaban J connectivity index is 2.05. The Labute approximate surface area is 119 Å². The van der Waals surface area contributed by atoms with Crippen molar-refractivity contribution in [2.45, 2.75) is 26.2 Å². The Morgan fingerprint density at radius 2 is 1.80 bits per heavy atom. The van der Waals surface area contributed by atoms with Crippen LogP contribution in [0.1, 0.15) is 30.4 Å². The van der Waals surface area contributed by atoms with Crippen LogP contribution in [0.4, 0.5) is 5.82 Å². The molecule has 1 fully saturated rings. The maximum atomic E-state index is 9.49. The van der Waals surface area contributed by atoms with E-state index in [1.165, 1.54) is 19.3 Å². The molecule has 0 spiro atoms. The second-order valence-electron chi connectivity index (χ2n) is 5.37. The van der Waals surface area contributed by atoms with Gasteiger partial charge in [0.1, 0.15) is 11.9 Å². The van der Waals surface area contributed by atoms with Crippen molar-refractivity contribution in [3.8, 4) is 17.3 Å². The Hall–Kier alpha value is -2.21. The van der Waals surface area contributed by atoms with Crippen LogP contribution in [0, 0.1) is 18.3 Å². The van der Waals surface area contributed by atoms with Gasteiger partial charge >= 0.3 is 0 Å². The Morgan fingerprint density at radius 1 is 1.10 bits per heavy atom. The highest BCUT2D eigenvalue weighted by Gasteiger charge is 2.21. The van der Waals surface area contributed by atoms with Crippen molar-refractivity contribution in [1.29, 1.82) is 5.26 Å². The van der Waals surface area contributed by atoms with Crippen molar-refractivity contribution in [1.82, 2.24) is 4.98 Å². The minimum absolute atomic E-state index is 0.797. The van der Waals surface area contributed by atoms with E-state index in [9.17, 15) is 5.26 Å². The molecule has 0 amide bonds. The molecule has 1 aromatic heterocycles. The zero-order valence-corrected chi connectivity index (χ0v) is 11.8. The molecule has 0 radical (unpaired) electrons. The first-order valence-corrected chi connectivity index (χ1v) is 7.24. The summed E-state index contributed by atoms with van der Waals surface area (Å²) in [5.74, 6) is 1.00. The predicted octanol–water partition coefficient (Wildman–Crippen LogP) is 3.85. The van der Waals surface area contributed by atoms with Crippen molar-refractivity contribution in [3.63, 3.8) is 0 Å². The fraction of sp³-hybridized carbons (Fsp3) is 0.353. The molecule has 1 N–H and O–H groups in total. The van der Waals surface area contributed by atoms with Gasteiger partial charge in [-0.3, -0.25) is 0 Å². The average Bonchev–Trinajstić information content (AvgIpc) is 2.86. The lowest BCUT2D eigenvalue weighted by Gasteiger charge is -2.27. The van der Waals surface area contributed by atoms with Gasteiger partial charge in [-0.1, -0.05) is 30.3 Å². The van der Waals surface area contributed by atoms with Gasteiger partial charge in [-0.25, -0.2) is 0 Å². The van der Waals surface area contributed by atoms with Gasteiger partial charge in [0.2, 0.25) is 0 Å². The number of hydrogen-bond donors (Lipinski definition) is 1. The minimum Gasteiger partial charge on any atom is -0.357 e. The molecule has 2 aromatic rings. The molecule has 102 valence electrons. The maximum Gasteiger partial charge on any atom is 0.124 e. The third-order valence-corrected chi connectivity index (χ3v) is 4.08. The topological polar surface area (TPSA) is 42.8 Å². The Bertz CT molecular complexity index is 628. The number of piperidine rings is 1. The van der Waals surface area contributed by atoms with E-state index in [4.69, 9.17) is 0 Å². The number of aromatic nitrogens is 1. The molecule has 2 heterocycles. The van der Waals surface area contributed by atoms with Gasteiger partial charge in [0.15, 0.2) is 0 Å². The third kappa shape index (κ3) is 2.18. The molecule has 1 aromatic carbocycles. The number of nitrogens with one attached hydrogen (secondary N) is 1. The van der Waals surface area contributed by atoms with E-state index in [0.717, 1.165) is 41.3 Å². The molecule has 0 atom stereocenters. The lowest BCUT2D eigenvalue weighted by Crippen LogP contribution is -2.30. The molecule has 0 saturated carbocycles. The molecule has 3 rings (SSSR count). The standard InChI is InChI=1S/C17H19N3/c1-13-15(12-18)17(20-10-6-3-7-11-20)19-16(13)14-8-4-2-5-9-14/h2,4-5,8-9,19H,3,6-7,10-11H2,1H3. The fourth-order valence-corrected chi connectivity index (χ4v) is 2.96. The highest BCUT2D eigenvalue weighted by atomic mass is 15.2. The maximum absolute atomic E-state index is 9.49. The smallest absolute Gasteiger partial charge is 0.124 e. The Kier molecular flexibility index (Phi) is 3.47. The van der Waals surface area contributed by atoms with Crippen LogP contribution in [0.3, 0.4) is 0 Å². The summed E-state index contributed by atoms with van der Waals surface area (Å²) in [6, 6.07) is 12.6. The van der Waals surface area contributed by atoms with Crippen LogP contribution in [-0.2, 0) is 0 Å². The summed E-state index contributed by atoms with van der Waals surface area (Å²) in [7, 11) is 0. The molecular weight excluding hydrogens is 246 g/mol. The summed E-state index contributed by atoms with van der Waals surface area (Å²) < 4.78 is 0. The van der Waals surface area contributed by atoms with Crippen molar-refractivity contribution < 1.29 is 0 Å². The molecule has 20 heavy (non-hydrogen) atoms. The fourth-order valence-electron chi connectivity index (χ4n) is 2.96. The average molecular weight is 265 g/mol. The van der Waals surface area contributed by atoms with E-state index in [2.05, 4.69) is 28.1 Å². The molecule has 3 nitrogen and oxygen atoms in total. The van der Waals surface area contributed by atoms with Crippen LogP contribution < -0.4 is 4.90 Å². The van der Waals surface area contributed by atoms with Crippen LogP contribution in [-0.4, -0.2) is 18.1 Å². The van der Waals surface area contributed by atoms with Crippen LogP contribution >= 0.6 is 0 Å². The molecule has 3 heteroatoms. The second kappa shape index (κ2) is 5.42. The normalized spacial score (nSPS) is 15.1. The molecule has 0 unspecified atom stereocenters. The largest absolute Gasteiger partial charge is 0.357 e. The number of rotatable bonds is 2. The molecule has 1 aliphatic rings. The highest BCUT2D eigenvalue weighted by molar-refractivity contribution is 5.74. The van der Waals surface area contributed by atoms with Gasteiger partial charge in [0, 0.05) is 13.1 Å². The predicted molar refractivity (Wildman–Crippen MR) is 81.7 cm³/mol. The summed E-state index contributed by atoms with van der Waals surface area (Å²) in [6.45, 7) is 4.12. The molecule has 1 saturated heterocycles. The van der Waals surface area contributed by atoms with Gasteiger partial charge in [0.05, 0.1) is 11.3 Å². The first-order valence-electron chi connectivity index (χ1n) is 7.24. The summed E-state index contributed by atoms with van der Waals surface area (Å²) in [4.78, 5) is 5.81. The van der Waals surface area contributed by atoms with Crippen molar-refractivity contribution in [2.75, 3.05) is 18.0 Å². The van der Waals surface area contributed by atoms with Crippen molar-refractivity contribution in [2.24, 2.45) is 0 Å². The quantitative estimate of drug-likeness (QED) is 0.896. The lowest BCUT2D eigenvalue weighted by atomic mass is 10.1. The van der Waals surface area contributed by atoms with Crippen LogP contribution in [0.15, 0.2) is 30.3 Å². The zero-order chi connectivity index (χ0) is 13.9. The third-order valence-electron chi connectivity index (χ3n) is 4.08. The minimum atomic E-state index is 0.797. The number of H-pyrrole nitrogens is 1. The van der Waals surface area contributed by atoms with E-state index < -0.39 is 0 Å². The van der Waals surface area contributed by atoms with Crippen molar-refractivity contribution in [3.05, 3.63) is 41.5 Å². The number of nitriles is 1. The van der Waals surface area contributed by atoms with E-state index in [-0.39, 0.29) is 0 Å². The summed E-state index contributed by atoms with van der Waals surface area (Å²) in [5.41, 5.74) is 4.07. The second-order valence-corrected chi connectivity index (χ2v) is 5.37. The first-order chi connectivity index (χ1) is 9.81. The van der Waals surface area contributed by atoms with Gasteiger partial charge < -0.3 is 9.88 Å². The monoisotopic (exact) mass is 265 g/mol. The summed E-state index contributed by atoms with van der Waals surface area (Å²) in [5, 5.41) is 9.49. The first kappa shape index (κ1) is 12.8. The van der Waals surface area contributed by atoms with Gasteiger partial charge in [-0.05, 0) is 37.3 Å². The lowest BCUT2D eigenvalue weighted by molar-refractivity contribution is 0.574. The van der Waals surface area contributed by atoms with E-state index in [1.54, 1.807) is 0 Å². The van der Waals surface area contributed by atoms with E-state index in [1.807, 2.05) is 25.1 Å². The molecule has 0 aliphatic carbocycles. The number of aromatic amines is 1.